The average Bonchev–Trinajstić information content (AvgIpc) is 2.72. The van der Waals surface area contributed by atoms with Crippen LogP contribution < -0.4 is 5.32 Å². The van der Waals surface area contributed by atoms with Gasteiger partial charge in [-0.05, 0) is 31.4 Å². The third-order valence-corrected chi connectivity index (χ3v) is 5.29. The quantitative estimate of drug-likeness (QED) is 0.895. The lowest BCUT2D eigenvalue weighted by atomic mass is 9.92. The Labute approximate surface area is 113 Å². The van der Waals surface area contributed by atoms with E-state index in [9.17, 15) is 12.8 Å². The van der Waals surface area contributed by atoms with Crippen LogP contribution >= 0.6 is 0 Å². The fourth-order valence-electron chi connectivity index (χ4n) is 2.56. The first-order chi connectivity index (χ1) is 9.03. The molecule has 2 atom stereocenters. The summed E-state index contributed by atoms with van der Waals surface area (Å²) in [4.78, 5) is 3.74. The number of pyridine rings is 1. The Kier molecular flexibility index (Phi) is 4.52. The summed E-state index contributed by atoms with van der Waals surface area (Å²) in [5, 5.41) is 3.27. The van der Waals surface area contributed by atoms with Gasteiger partial charge in [0.15, 0.2) is 9.84 Å². The smallest absolute Gasteiger partial charge is 0.150 e. The number of rotatable bonds is 5. The van der Waals surface area contributed by atoms with Crippen LogP contribution in [0.15, 0.2) is 18.5 Å². The fourth-order valence-corrected chi connectivity index (χ4v) is 4.40. The number of halogens is 1. The number of nitrogens with zero attached hydrogens (tertiary/aromatic N) is 1. The van der Waals surface area contributed by atoms with E-state index in [1.165, 1.54) is 6.20 Å². The third kappa shape index (κ3) is 3.51. The van der Waals surface area contributed by atoms with Crippen molar-refractivity contribution in [2.24, 2.45) is 5.92 Å². The van der Waals surface area contributed by atoms with Crippen molar-refractivity contribution in [3.8, 4) is 0 Å². The van der Waals surface area contributed by atoms with E-state index >= 15 is 0 Å². The summed E-state index contributed by atoms with van der Waals surface area (Å²) in [5.41, 5.74) is 0.519. The van der Waals surface area contributed by atoms with Gasteiger partial charge in [0.25, 0.3) is 0 Å². The second kappa shape index (κ2) is 5.96. The van der Waals surface area contributed by atoms with Crippen molar-refractivity contribution in [1.82, 2.24) is 10.3 Å². The maximum atomic E-state index is 13.9. The molecule has 1 aromatic rings. The highest BCUT2D eigenvalue weighted by Gasteiger charge is 2.35. The Bertz CT molecular complexity index is 533. The first-order valence-electron chi connectivity index (χ1n) is 6.56. The predicted molar refractivity (Wildman–Crippen MR) is 72.0 cm³/mol. The van der Waals surface area contributed by atoms with Gasteiger partial charge in [-0.25, -0.2) is 12.8 Å². The van der Waals surface area contributed by atoms with Crippen LogP contribution in [0.25, 0.3) is 0 Å². The van der Waals surface area contributed by atoms with Crippen molar-refractivity contribution in [2.45, 2.75) is 25.8 Å². The van der Waals surface area contributed by atoms with Crippen molar-refractivity contribution in [3.63, 3.8) is 0 Å². The van der Waals surface area contributed by atoms with Gasteiger partial charge < -0.3 is 5.32 Å². The SMILES string of the molecule is CCCNC(c1ccncc1F)C1CCS(=O)(=O)C1. The molecule has 0 radical (unpaired) electrons. The lowest BCUT2D eigenvalue weighted by molar-refractivity contribution is 0.379. The van der Waals surface area contributed by atoms with E-state index in [2.05, 4.69) is 10.3 Å². The summed E-state index contributed by atoms with van der Waals surface area (Å²) in [6.07, 6.45) is 4.23. The van der Waals surface area contributed by atoms with Crippen LogP contribution in [0, 0.1) is 11.7 Å². The van der Waals surface area contributed by atoms with E-state index in [1.54, 1.807) is 12.3 Å². The van der Waals surface area contributed by atoms with Crippen LogP contribution in [0.3, 0.4) is 0 Å². The Morgan fingerprint density at radius 3 is 2.95 bits per heavy atom. The third-order valence-electron chi connectivity index (χ3n) is 3.49. The first-order valence-corrected chi connectivity index (χ1v) is 8.39. The van der Waals surface area contributed by atoms with Crippen LogP contribution in [-0.2, 0) is 9.84 Å². The summed E-state index contributed by atoms with van der Waals surface area (Å²) in [6, 6.07) is 1.38. The second-order valence-electron chi connectivity index (χ2n) is 4.99. The normalized spacial score (nSPS) is 23.4. The van der Waals surface area contributed by atoms with Crippen molar-refractivity contribution in [3.05, 3.63) is 29.8 Å². The molecule has 0 saturated carbocycles. The van der Waals surface area contributed by atoms with Crippen LogP contribution in [-0.4, -0.2) is 31.5 Å². The molecule has 2 rings (SSSR count). The van der Waals surface area contributed by atoms with Gasteiger partial charge in [0.2, 0.25) is 0 Å². The predicted octanol–water partition coefficient (Wildman–Crippen LogP) is 1.70. The van der Waals surface area contributed by atoms with Crippen LogP contribution in [0.5, 0.6) is 0 Å². The van der Waals surface area contributed by atoms with E-state index in [-0.39, 0.29) is 29.3 Å². The summed E-state index contributed by atoms with van der Waals surface area (Å²) in [6.45, 7) is 2.77. The van der Waals surface area contributed by atoms with Gasteiger partial charge in [0.05, 0.1) is 17.7 Å². The van der Waals surface area contributed by atoms with Gasteiger partial charge >= 0.3 is 0 Å². The van der Waals surface area contributed by atoms with Crippen LogP contribution in [0.2, 0.25) is 0 Å². The van der Waals surface area contributed by atoms with E-state index < -0.39 is 9.84 Å². The lowest BCUT2D eigenvalue weighted by Crippen LogP contribution is -2.30. The Balaban J connectivity index is 2.24. The number of hydrogen-bond donors (Lipinski definition) is 1. The van der Waals surface area contributed by atoms with E-state index in [1.807, 2.05) is 6.92 Å². The zero-order valence-corrected chi connectivity index (χ0v) is 11.8. The minimum absolute atomic E-state index is 0.0616. The van der Waals surface area contributed by atoms with E-state index in [0.717, 1.165) is 13.0 Å². The maximum Gasteiger partial charge on any atom is 0.150 e. The highest BCUT2D eigenvalue weighted by atomic mass is 32.2. The lowest BCUT2D eigenvalue weighted by Gasteiger charge is -2.24. The zero-order chi connectivity index (χ0) is 13.9. The van der Waals surface area contributed by atoms with Gasteiger partial charge in [-0.1, -0.05) is 6.92 Å². The molecule has 2 unspecified atom stereocenters. The molecule has 1 aliphatic rings. The molecule has 0 aromatic carbocycles. The molecule has 1 N–H and O–H groups in total. The molecule has 2 heterocycles. The standard InChI is InChI=1S/C13H19FN2O2S/c1-2-5-16-13(10-4-7-19(17,18)9-10)11-3-6-15-8-12(11)14/h3,6,8,10,13,16H,2,4-5,7,9H2,1H3. The Hall–Kier alpha value is -1.01. The molecule has 1 fully saturated rings. The zero-order valence-electron chi connectivity index (χ0n) is 11.0. The molecule has 0 aliphatic carbocycles. The topological polar surface area (TPSA) is 59.1 Å². The molecule has 0 spiro atoms. The van der Waals surface area contributed by atoms with Gasteiger partial charge in [0, 0.05) is 17.8 Å². The monoisotopic (exact) mass is 286 g/mol. The van der Waals surface area contributed by atoms with Gasteiger partial charge in [0.1, 0.15) is 5.82 Å². The minimum atomic E-state index is -2.96. The maximum absolute atomic E-state index is 13.9. The van der Waals surface area contributed by atoms with Gasteiger partial charge in [-0.15, -0.1) is 0 Å². The fraction of sp³-hybridized carbons (Fsp3) is 0.615. The van der Waals surface area contributed by atoms with Gasteiger partial charge in [-0.3, -0.25) is 4.98 Å². The number of nitrogens with one attached hydrogen (secondary N) is 1. The van der Waals surface area contributed by atoms with Gasteiger partial charge in [-0.2, -0.15) is 0 Å². The summed E-state index contributed by atoms with van der Waals surface area (Å²) in [7, 11) is -2.96. The van der Waals surface area contributed by atoms with Crippen molar-refractivity contribution in [2.75, 3.05) is 18.1 Å². The number of sulfone groups is 1. The largest absolute Gasteiger partial charge is 0.310 e. The molecule has 4 nitrogen and oxygen atoms in total. The Morgan fingerprint density at radius 1 is 1.58 bits per heavy atom. The highest BCUT2D eigenvalue weighted by Crippen LogP contribution is 2.32. The van der Waals surface area contributed by atoms with Crippen LogP contribution in [0.1, 0.15) is 31.4 Å². The molecule has 1 aliphatic heterocycles. The average molecular weight is 286 g/mol. The molecule has 106 valence electrons. The Morgan fingerprint density at radius 2 is 2.37 bits per heavy atom. The van der Waals surface area contributed by atoms with Crippen molar-refractivity contribution in [1.29, 1.82) is 0 Å². The summed E-state index contributed by atoms with van der Waals surface area (Å²) in [5.74, 6) is -0.0981. The molecule has 1 aromatic heterocycles. The number of aromatic nitrogens is 1. The number of hydrogen-bond acceptors (Lipinski definition) is 4. The second-order valence-corrected chi connectivity index (χ2v) is 7.22. The highest BCUT2D eigenvalue weighted by molar-refractivity contribution is 7.91. The molecular weight excluding hydrogens is 267 g/mol. The summed E-state index contributed by atoms with van der Waals surface area (Å²) >= 11 is 0. The van der Waals surface area contributed by atoms with Crippen molar-refractivity contribution < 1.29 is 12.8 Å². The molecule has 19 heavy (non-hydrogen) atoms. The molecule has 0 bridgehead atoms. The van der Waals surface area contributed by atoms with E-state index in [0.29, 0.717) is 12.0 Å². The van der Waals surface area contributed by atoms with Crippen molar-refractivity contribution >= 4 is 9.84 Å². The molecular formula is C13H19FN2O2S. The van der Waals surface area contributed by atoms with Crippen LogP contribution in [0.4, 0.5) is 4.39 Å². The summed E-state index contributed by atoms with van der Waals surface area (Å²) < 4.78 is 37.1. The van der Waals surface area contributed by atoms with E-state index in [4.69, 9.17) is 0 Å². The minimum Gasteiger partial charge on any atom is -0.310 e. The first kappa shape index (κ1) is 14.4. The molecule has 1 saturated heterocycles. The molecule has 6 heteroatoms. The molecule has 0 amide bonds.